The lowest BCUT2D eigenvalue weighted by Gasteiger charge is -2.28. The van der Waals surface area contributed by atoms with Crippen LogP contribution in [0.2, 0.25) is 0 Å². The molecule has 0 spiro atoms. The van der Waals surface area contributed by atoms with E-state index in [2.05, 4.69) is 26.6 Å². The summed E-state index contributed by atoms with van der Waals surface area (Å²) in [7, 11) is 0. The predicted octanol–water partition coefficient (Wildman–Crippen LogP) is 3.57. The third kappa shape index (κ3) is 12.2. The lowest BCUT2D eigenvalue weighted by atomic mass is 9.95. The van der Waals surface area contributed by atoms with Crippen LogP contribution in [0.4, 0.5) is 0 Å². The first-order chi connectivity index (χ1) is 28.7. The minimum Gasteiger partial charge on any atom is -0.368 e. The number of hydrogen-bond acceptors (Lipinski definition) is 7. The number of primary amides is 1. The van der Waals surface area contributed by atoms with E-state index in [1.807, 2.05) is 115 Å². The molecule has 1 aliphatic heterocycles. The third-order valence-corrected chi connectivity index (χ3v) is 11.0. The zero-order chi connectivity index (χ0) is 41.6. The number of carbonyl (C=O) groups is 5. The minimum absolute atomic E-state index is 0.0933. The number of fused-ring (bicyclic) bond motifs is 2. The molecule has 0 saturated carbocycles. The van der Waals surface area contributed by atoms with Gasteiger partial charge in [-0.1, -0.05) is 115 Å². The first-order valence-electron chi connectivity index (χ1n) is 20.6. The van der Waals surface area contributed by atoms with Crippen LogP contribution in [0.3, 0.4) is 0 Å². The molecule has 59 heavy (non-hydrogen) atoms. The van der Waals surface area contributed by atoms with E-state index in [-0.39, 0.29) is 31.1 Å². The SMILES string of the molecule is NCCCC[C@H](NC(=O)C(Cc1ccccc1)NC(=O)C(Cc1ccc2ccccc2c1)NC(=O)C(Cc1ccc2ccccc2c1)NC(=O)C1CCNCC1)C(N)=O. The van der Waals surface area contributed by atoms with Crippen LogP contribution in [0.15, 0.2) is 115 Å². The van der Waals surface area contributed by atoms with E-state index < -0.39 is 47.8 Å². The second kappa shape index (κ2) is 21.1. The standard InChI is InChI=1S/C47H55N7O5/c48-23-9-8-16-39(43(49)55)51-45(57)40(28-31-10-2-1-3-11-31)53-47(59)42(30-33-18-20-35-13-5-7-15-38(35)27-33)54-46(58)41(52-44(56)36-21-24-50-25-22-36)29-32-17-19-34-12-4-6-14-37(34)26-32/h1-7,10-15,17-20,26-27,36,39-42,50H,8-9,16,21-25,28-30,48H2,(H2,49,55)(H,51,57)(H,52,56)(H,53,59)(H,54,58)/t39-,40?,41?,42?/m0/s1. The zero-order valence-electron chi connectivity index (χ0n) is 33.3. The van der Waals surface area contributed by atoms with Crippen LogP contribution in [0.5, 0.6) is 0 Å². The van der Waals surface area contributed by atoms with E-state index in [9.17, 15) is 24.0 Å². The summed E-state index contributed by atoms with van der Waals surface area (Å²) >= 11 is 0. The smallest absolute Gasteiger partial charge is 0.243 e. The second-order valence-electron chi connectivity index (χ2n) is 15.4. The van der Waals surface area contributed by atoms with Crippen molar-refractivity contribution < 1.29 is 24.0 Å². The number of piperidine rings is 1. The van der Waals surface area contributed by atoms with Crippen molar-refractivity contribution >= 4 is 51.1 Å². The van der Waals surface area contributed by atoms with E-state index in [0.29, 0.717) is 51.7 Å². The van der Waals surface area contributed by atoms with Crippen molar-refractivity contribution in [3.8, 4) is 0 Å². The van der Waals surface area contributed by atoms with Crippen LogP contribution in [0, 0.1) is 5.92 Å². The van der Waals surface area contributed by atoms with E-state index in [0.717, 1.165) is 38.2 Å². The molecule has 0 radical (unpaired) electrons. The topological polar surface area (TPSA) is 198 Å². The monoisotopic (exact) mass is 797 g/mol. The molecule has 0 bridgehead atoms. The zero-order valence-corrected chi connectivity index (χ0v) is 33.3. The number of amides is 5. The maximum atomic E-state index is 14.6. The average molecular weight is 798 g/mol. The van der Waals surface area contributed by atoms with Crippen molar-refractivity contribution in [2.75, 3.05) is 19.6 Å². The lowest BCUT2D eigenvalue weighted by Crippen LogP contribution is -2.59. The molecule has 6 rings (SSSR count). The Morgan fingerprint density at radius 2 is 1.00 bits per heavy atom. The normalized spacial score (nSPS) is 15.1. The molecular weight excluding hydrogens is 743 g/mol. The number of unbranched alkanes of at least 4 members (excludes halogenated alkanes) is 1. The van der Waals surface area contributed by atoms with Gasteiger partial charge in [0.15, 0.2) is 0 Å². The average Bonchev–Trinajstić information content (AvgIpc) is 3.25. The molecule has 308 valence electrons. The Morgan fingerprint density at radius 3 is 1.51 bits per heavy atom. The number of hydrogen-bond donors (Lipinski definition) is 7. The van der Waals surface area contributed by atoms with E-state index in [4.69, 9.17) is 11.5 Å². The molecule has 3 unspecified atom stereocenters. The van der Waals surface area contributed by atoms with Crippen molar-refractivity contribution in [2.45, 2.75) is 75.5 Å². The summed E-state index contributed by atoms with van der Waals surface area (Å²) in [5, 5.41) is 19.0. The Morgan fingerprint density at radius 1 is 0.542 bits per heavy atom. The summed E-state index contributed by atoms with van der Waals surface area (Å²) in [4.78, 5) is 69.2. The van der Waals surface area contributed by atoms with E-state index in [1.54, 1.807) is 0 Å². The Labute approximate surface area is 345 Å². The summed E-state index contributed by atoms with van der Waals surface area (Å²) in [5.41, 5.74) is 13.8. The van der Waals surface area contributed by atoms with Crippen molar-refractivity contribution in [2.24, 2.45) is 17.4 Å². The highest BCUT2D eigenvalue weighted by Crippen LogP contribution is 2.20. The maximum Gasteiger partial charge on any atom is 0.243 e. The van der Waals surface area contributed by atoms with Crippen LogP contribution in [0.1, 0.15) is 48.8 Å². The van der Waals surface area contributed by atoms with Gasteiger partial charge in [0, 0.05) is 25.2 Å². The molecule has 1 saturated heterocycles. The summed E-state index contributed by atoms with van der Waals surface area (Å²) in [6, 6.07) is 32.5. The number of benzene rings is 5. The Bertz CT molecular complexity index is 2230. The van der Waals surface area contributed by atoms with Gasteiger partial charge in [-0.15, -0.1) is 0 Å². The molecule has 0 aliphatic carbocycles. The fourth-order valence-corrected chi connectivity index (χ4v) is 7.65. The Balaban J connectivity index is 1.29. The van der Waals surface area contributed by atoms with Gasteiger partial charge in [-0.2, -0.15) is 0 Å². The first-order valence-corrected chi connectivity index (χ1v) is 20.6. The second-order valence-corrected chi connectivity index (χ2v) is 15.4. The molecule has 5 aromatic carbocycles. The molecule has 5 aromatic rings. The van der Waals surface area contributed by atoms with Gasteiger partial charge in [-0.05, 0) is 90.0 Å². The molecule has 1 heterocycles. The Hall–Kier alpha value is -6.11. The van der Waals surface area contributed by atoms with Crippen molar-refractivity contribution in [3.05, 3.63) is 132 Å². The molecule has 9 N–H and O–H groups in total. The maximum absolute atomic E-state index is 14.6. The van der Waals surface area contributed by atoms with Gasteiger partial charge in [0.1, 0.15) is 24.2 Å². The summed E-state index contributed by atoms with van der Waals surface area (Å²) < 4.78 is 0. The fourth-order valence-electron chi connectivity index (χ4n) is 7.65. The number of rotatable bonds is 19. The highest BCUT2D eigenvalue weighted by molar-refractivity contribution is 5.96. The molecular formula is C47H55N7O5. The van der Waals surface area contributed by atoms with Crippen LogP contribution >= 0.6 is 0 Å². The molecule has 1 fully saturated rings. The number of carbonyl (C=O) groups excluding carboxylic acids is 5. The van der Waals surface area contributed by atoms with Crippen molar-refractivity contribution in [1.82, 2.24) is 26.6 Å². The van der Waals surface area contributed by atoms with Gasteiger partial charge in [0.25, 0.3) is 0 Å². The fraction of sp³-hybridized carbons (Fsp3) is 0.340. The molecule has 12 nitrogen and oxygen atoms in total. The van der Waals surface area contributed by atoms with Gasteiger partial charge in [0.2, 0.25) is 29.5 Å². The molecule has 12 heteroatoms. The molecule has 0 aromatic heterocycles. The van der Waals surface area contributed by atoms with Gasteiger partial charge in [-0.25, -0.2) is 0 Å². The third-order valence-electron chi connectivity index (χ3n) is 11.0. The summed E-state index contributed by atoms with van der Waals surface area (Å²) in [5.74, 6) is -2.87. The first kappa shape index (κ1) is 42.5. The van der Waals surface area contributed by atoms with Crippen LogP contribution in [-0.4, -0.2) is 73.3 Å². The highest BCUT2D eigenvalue weighted by Gasteiger charge is 2.33. The molecule has 5 amide bonds. The van der Waals surface area contributed by atoms with Gasteiger partial charge >= 0.3 is 0 Å². The van der Waals surface area contributed by atoms with Gasteiger partial charge < -0.3 is 38.1 Å². The lowest BCUT2D eigenvalue weighted by molar-refractivity contribution is -0.135. The van der Waals surface area contributed by atoms with E-state index in [1.165, 1.54) is 0 Å². The van der Waals surface area contributed by atoms with Crippen molar-refractivity contribution in [1.29, 1.82) is 0 Å². The molecule has 4 atom stereocenters. The quantitative estimate of drug-likeness (QED) is 0.0620. The van der Waals surface area contributed by atoms with Gasteiger partial charge in [-0.3, -0.25) is 24.0 Å². The summed E-state index contributed by atoms with van der Waals surface area (Å²) in [6.45, 7) is 1.85. The van der Waals surface area contributed by atoms with Gasteiger partial charge in [0.05, 0.1) is 0 Å². The minimum atomic E-state index is -1.15. The highest BCUT2D eigenvalue weighted by atomic mass is 16.2. The predicted molar refractivity (Wildman–Crippen MR) is 231 cm³/mol. The number of nitrogens with two attached hydrogens (primary N) is 2. The van der Waals surface area contributed by atoms with Crippen molar-refractivity contribution in [3.63, 3.8) is 0 Å². The Kier molecular flexibility index (Phi) is 15.2. The van der Waals surface area contributed by atoms with Crippen LogP contribution in [0.25, 0.3) is 21.5 Å². The summed E-state index contributed by atoms with van der Waals surface area (Å²) in [6.07, 6.45) is 3.22. The number of nitrogens with one attached hydrogen (secondary N) is 5. The van der Waals surface area contributed by atoms with E-state index >= 15 is 0 Å². The largest absolute Gasteiger partial charge is 0.368 e. The molecule has 1 aliphatic rings. The van der Waals surface area contributed by atoms with Crippen LogP contribution < -0.4 is 38.1 Å². The van der Waals surface area contributed by atoms with Crippen LogP contribution in [-0.2, 0) is 43.2 Å².